The fourth-order valence-corrected chi connectivity index (χ4v) is 2.23. The molecule has 0 aliphatic heterocycles. The minimum atomic E-state index is 0.382. The third-order valence-electron chi connectivity index (χ3n) is 2.38. The maximum absolute atomic E-state index is 6.07. The Morgan fingerprint density at radius 3 is 2.61 bits per heavy atom. The fraction of sp³-hybridized carbons (Fsp3) is 0.0769. The van der Waals surface area contributed by atoms with Crippen LogP contribution in [0.1, 0.15) is 5.56 Å². The van der Waals surface area contributed by atoms with E-state index in [1.54, 1.807) is 18.2 Å². The molecule has 0 atom stereocenters. The highest BCUT2D eigenvalue weighted by atomic mass is 79.9. The van der Waals surface area contributed by atoms with Gasteiger partial charge in [-0.05, 0) is 30.3 Å². The van der Waals surface area contributed by atoms with Crippen molar-refractivity contribution in [1.29, 1.82) is 0 Å². The second-order valence-corrected chi connectivity index (χ2v) is 5.31. The Hall–Kier alpha value is -0.740. The maximum atomic E-state index is 6.07. The summed E-state index contributed by atoms with van der Waals surface area (Å²) in [5.41, 5.74) is 6.57. The Bertz CT molecular complexity index is 575. The molecular weight excluding hydrogens is 337 g/mol. The van der Waals surface area contributed by atoms with Gasteiger partial charge in [-0.2, -0.15) is 0 Å². The van der Waals surface area contributed by atoms with Crippen molar-refractivity contribution < 1.29 is 4.74 Å². The normalized spacial score (nSPS) is 10.4. The van der Waals surface area contributed by atoms with E-state index in [1.807, 2.05) is 18.2 Å². The van der Waals surface area contributed by atoms with Gasteiger partial charge in [0.05, 0.1) is 5.02 Å². The Labute approximate surface area is 124 Å². The molecule has 0 aromatic heterocycles. The zero-order chi connectivity index (χ0) is 13.1. The molecule has 2 aromatic carbocycles. The maximum Gasteiger partial charge on any atom is 0.147 e. The van der Waals surface area contributed by atoms with E-state index < -0.39 is 0 Å². The van der Waals surface area contributed by atoms with Crippen LogP contribution >= 0.6 is 39.1 Å². The summed E-state index contributed by atoms with van der Waals surface area (Å²) in [6.07, 6.45) is 0. The number of hydrogen-bond acceptors (Lipinski definition) is 2. The molecule has 2 rings (SSSR count). The van der Waals surface area contributed by atoms with Crippen LogP contribution in [0.3, 0.4) is 0 Å². The fourth-order valence-electron chi connectivity index (χ4n) is 1.49. The van der Waals surface area contributed by atoms with Gasteiger partial charge in [0.1, 0.15) is 16.5 Å². The lowest BCUT2D eigenvalue weighted by molar-refractivity contribution is 0.476. The molecule has 5 heteroatoms. The van der Waals surface area contributed by atoms with Crippen LogP contribution in [0.25, 0.3) is 0 Å². The number of benzene rings is 2. The van der Waals surface area contributed by atoms with Gasteiger partial charge in [-0.1, -0.05) is 45.2 Å². The van der Waals surface area contributed by atoms with Crippen molar-refractivity contribution in [3.8, 4) is 11.5 Å². The zero-order valence-corrected chi connectivity index (χ0v) is 12.4. The van der Waals surface area contributed by atoms with E-state index >= 15 is 0 Å². The van der Waals surface area contributed by atoms with E-state index in [9.17, 15) is 0 Å². The van der Waals surface area contributed by atoms with Crippen LogP contribution in [0.5, 0.6) is 11.5 Å². The van der Waals surface area contributed by atoms with E-state index in [0.717, 1.165) is 10.0 Å². The number of hydrogen-bond donors (Lipinski definition) is 1. The molecular formula is C13H10BrCl2NO. The highest BCUT2D eigenvalue weighted by molar-refractivity contribution is 9.10. The van der Waals surface area contributed by atoms with Crippen molar-refractivity contribution in [2.24, 2.45) is 5.73 Å². The predicted octanol–water partition coefficient (Wildman–Crippen LogP) is 5.01. The molecule has 0 heterocycles. The molecule has 0 spiro atoms. The first-order chi connectivity index (χ1) is 8.61. The highest BCUT2D eigenvalue weighted by Crippen LogP contribution is 2.36. The van der Waals surface area contributed by atoms with Crippen LogP contribution in [-0.4, -0.2) is 0 Å². The summed E-state index contributed by atoms with van der Waals surface area (Å²) < 4.78 is 6.70. The molecule has 0 bridgehead atoms. The molecule has 0 aliphatic rings. The second-order valence-electron chi connectivity index (χ2n) is 3.61. The lowest BCUT2D eigenvalue weighted by Crippen LogP contribution is -1.99. The first-order valence-electron chi connectivity index (χ1n) is 5.22. The molecule has 0 unspecified atom stereocenters. The first-order valence-corrected chi connectivity index (χ1v) is 6.77. The molecule has 0 saturated carbocycles. The van der Waals surface area contributed by atoms with Gasteiger partial charge in [0.2, 0.25) is 0 Å². The van der Waals surface area contributed by atoms with Gasteiger partial charge in [0.15, 0.2) is 0 Å². The molecule has 0 aliphatic carbocycles. The van der Waals surface area contributed by atoms with Gasteiger partial charge in [-0.3, -0.25) is 0 Å². The van der Waals surface area contributed by atoms with Gasteiger partial charge >= 0.3 is 0 Å². The summed E-state index contributed by atoms with van der Waals surface area (Å²) in [6, 6.07) is 10.9. The van der Waals surface area contributed by atoms with Crippen LogP contribution in [-0.2, 0) is 6.54 Å². The van der Waals surface area contributed by atoms with Gasteiger partial charge in [0, 0.05) is 16.6 Å². The van der Waals surface area contributed by atoms with E-state index in [1.165, 1.54) is 0 Å². The largest absolute Gasteiger partial charge is 0.455 e. The Kier molecular flexibility index (Phi) is 4.51. The SMILES string of the molecule is NCc1cc(Br)ccc1Oc1cccc(Cl)c1Cl. The van der Waals surface area contributed by atoms with Crippen LogP contribution < -0.4 is 10.5 Å². The monoisotopic (exact) mass is 345 g/mol. The van der Waals surface area contributed by atoms with Crippen molar-refractivity contribution in [3.05, 3.63) is 56.5 Å². The molecule has 0 amide bonds. The van der Waals surface area contributed by atoms with Crippen molar-refractivity contribution in [2.45, 2.75) is 6.54 Å². The van der Waals surface area contributed by atoms with Crippen LogP contribution in [0.2, 0.25) is 10.0 Å². The molecule has 2 N–H and O–H groups in total. The van der Waals surface area contributed by atoms with Gasteiger partial charge in [-0.25, -0.2) is 0 Å². The summed E-state index contributed by atoms with van der Waals surface area (Å²) in [6.45, 7) is 0.382. The minimum Gasteiger partial charge on any atom is -0.455 e. The topological polar surface area (TPSA) is 35.2 Å². The zero-order valence-electron chi connectivity index (χ0n) is 9.29. The molecule has 94 valence electrons. The summed E-state index contributed by atoms with van der Waals surface area (Å²) in [7, 11) is 0. The number of halogens is 3. The van der Waals surface area contributed by atoms with Crippen molar-refractivity contribution in [1.82, 2.24) is 0 Å². The average molecular weight is 347 g/mol. The summed E-state index contributed by atoms with van der Waals surface area (Å²) in [5.74, 6) is 1.19. The second kappa shape index (κ2) is 5.93. The first kappa shape index (κ1) is 13.7. The smallest absolute Gasteiger partial charge is 0.147 e. The molecule has 0 radical (unpaired) electrons. The van der Waals surface area contributed by atoms with Crippen LogP contribution in [0.4, 0.5) is 0 Å². The molecule has 0 fully saturated rings. The van der Waals surface area contributed by atoms with Gasteiger partial charge in [0.25, 0.3) is 0 Å². The van der Waals surface area contributed by atoms with E-state index in [0.29, 0.717) is 28.1 Å². The van der Waals surface area contributed by atoms with Crippen molar-refractivity contribution in [3.63, 3.8) is 0 Å². The Morgan fingerprint density at radius 1 is 1.11 bits per heavy atom. The molecule has 18 heavy (non-hydrogen) atoms. The highest BCUT2D eigenvalue weighted by Gasteiger charge is 2.09. The van der Waals surface area contributed by atoms with Gasteiger partial charge in [-0.15, -0.1) is 0 Å². The van der Waals surface area contributed by atoms with E-state index in [-0.39, 0.29) is 0 Å². The molecule has 2 nitrogen and oxygen atoms in total. The summed E-state index contributed by atoms with van der Waals surface area (Å²) >= 11 is 15.4. The molecule has 2 aromatic rings. The Balaban J connectivity index is 2.37. The van der Waals surface area contributed by atoms with Crippen LogP contribution in [0, 0.1) is 0 Å². The quantitative estimate of drug-likeness (QED) is 0.848. The third-order valence-corrected chi connectivity index (χ3v) is 3.67. The average Bonchev–Trinajstić information content (AvgIpc) is 2.37. The number of nitrogens with two attached hydrogens (primary N) is 1. The number of rotatable bonds is 3. The summed E-state index contributed by atoms with van der Waals surface area (Å²) in [4.78, 5) is 0. The number of ether oxygens (including phenoxy) is 1. The predicted molar refractivity (Wildman–Crippen MR) is 78.6 cm³/mol. The van der Waals surface area contributed by atoms with Gasteiger partial charge < -0.3 is 10.5 Å². The van der Waals surface area contributed by atoms with Crippen molar-refractivity contribution in [2.75, 3.05) is 0 Å². The van der Waals surface area contributed by atoms with Crippen molar-refractivity contribution >= 4 is 39.1 Å². The third kappa shape index (κ3) is 2.98. The standard InChI is InChI=1S/C13H10BrCl2NO/c14-9-4-5-11(8(6-9)7-17)18-12-3-1-2-10(15)13(12)16/h1-6H,7,17H2. The van der Waals surface area contributed by atoms with E-state index in [2.05, 4.69) is 15.9 Å². The van der Waals surface area contributed by atoms with Crippen LogP contribution in [0.15, 0.2) is 40.9 Å². The minimum absolute atomic E-state index is 0.382. The van der Waals surface area contributed by atoms with E-state index in [4.69, 9.17) is 33.7 Å². The Morgan fingerprint density at radius 2 is 1.89 bits per heavy atom. The molecule has 0 saturated heterocycles. The summed E-state index contributed by atoms with van der Waals surface area (Å²) in [5, 5.41) is 0.852. The lowest BCUT2D eigenvalue weighted by atomic mass is 10.2. The lowest BCUT2D eigenvalue weighted by Gasteiger charge is -2.12.